The van der Waals surface area contributed by atoms with Crippen molar-refractivity contribution in [3.63, 3.8) is 0 Å². The SMILES string of the molecule is CNc1ccc2c(c1)CCN=C2. The van der Waals surface area contributed by atoms with Gasteiger partial charge in [0.15, 0.2) is 0 Å². The Morgan fingerprint density at radius 1 is 1.42 bits per heavy atom. The van der Waals surface area contributed by atoms with Gasteiger partial charge in [0, 0.05) is 25.5 Å². The molecule has 0 aromatic heterocycles. The highest BCUT2D eigenvalue weighted by Gasteiger charge is 2.04. The number of rotatable bonds is 1. The lowest BCUT2D eigenvalue weighted by Crippen LogP contribution is -2.03. The van der Waals surface area contributed by atoms with Gasteiger partial charge in [0.25, 0.3) is 0 Å². The molecule has 0 amide bonds. The predicted octanol–water partition coefficient (Wildman–Crippen LogP) is 1.70. The maximum atomic E-state index is 4.23. The van der Waals surface area contributed by atoms with E-state index < -0.39 is 0 Å². The van der Waals surface area contributed by atoms with Crippen molar-refractivity contribution in [3.05, 3.63) is 29.3 Å². The zero-order valence-electron chi connectivity index (χ0n) is 7.17. The van der Waals surface area contributed by atoms with E-state index in [1.165, 1.54) is 16.8 Å². The summed E-state index contributed by atoms with van der Waals surface area (Å²) in [6.07, 6.45) is 3.03. The Kier molecular flexibility index (Phi) is 1.82. The van der Waals surface area contributed by atoms with Crippen LogP contribution in [0.4, 0.5) is 5.69 Å². The summed E-state index contributed by atoms with van der Waals surface area (Å²) in [7, 11) is 1.94. The van der Waals surface area contributed by atoms with Crippen molar-refractivity contribution in [1.82, 2.24) is 0 Å². The number of hydrogen-bond donors (Lipinski definition) is 1. The van der Waals surface area contributed by atoms with Crippen molar-refractivity contribution >= 4 is 11.9 Å². The highest BCUT2D eigenvalue weighted by molar-refractivity contribution is 5.83. The minimum absolute atomic E-state index is 0.931. The Balaban J connectivity index is 2.44. The molecule has 1 N–H and O–H groups in total. The highest BCUT2D eigenvalue weighted by atomic mass is 14.8. The second-order valence-corrected chi connectivity index (χ2v) is 2.95. The van der Waals surface area contributed by atoms with E-state index in [4.69, 9.17) is 0 Å². The number of hydrogen-bond acceptors (Lipinski definition) is 2. The fourth-order valence-electron chi connectivity index (χ4n) is 1.45. The molecular weight excluding hydrogens is 148 g/mol. The van der Waals surface area contributed by atoms with Gasteiger partial charge in [-0.25, -0.2) is 0 Å². The van der Waals surface area contributed by atoms with E-state index in [0.717, 1.165) is 13.0 Å². The van der Waals surface area contributed by atoms with Crippen molar-refractivity contribution < 1.29 is 0 Å². The van der Waals surface area contributed by atoms with Gasteiger partial charge in [-0.3, -0.25) is 4.99 Å². The molecule has 2 rings (SSSR count). The molecule has 0 aliphatic carbocycles. The average Bonchev–Trinajstić information content (AvgIpc) is 2.17. The lowest BCUT2D eigenvalue weighted by Gasteiger charge is -2.10. The molecule has 1 aromatic rings. The maximum Gasteiger partial charge on any atom is 0.0430 e. The smallest absolute Gasteiger partial charge is 0.0430 e. The Morgan fingerprint density at radius 2 is 2.33 bits per heavy atom. The largest absolute Gasteiger partial charge is 0.388 e. The number of aliphatic imine (C=N–C) groups is 1. The van der Waals surface area contributed by atoms with Gasteiger partial charge in [-0.1, -0.05) is 6.07 Å². The molecule has 1 aliphatic heterocycles. The molecule has 1 aliphatic rings. The van der Waals surface area contributed by atoms with Gasteiger partial charge < -0.3 is 5.32 Å². The quantitative estimate of drug-likeness (QED) is 0.664. The van der Waals surface area contributed by atoms with Gasteiger partial charge in [0.2, 0.25) is 0 Å². The van der Waals surface area contributed by atoms with Gasteiger partial charge in [-0.2, -0.15) is 0 Å². The molecule has 0 fully saturated rings. The van der Waals surface area contributed by atoms with Crippen LogP contribution in [0, 0.1) is 0 Å². The van der Waals surface area contributed by atoms with Crippen LogP contribution in [0.3, 0.4) is 0 Å². The Hall–Kier alpha value is -1.31. The van der Waals surface area contributed by atoms with E-state index in [9.17, 15) is 0 Å². The van der Waals surface area contributed by atoms with Crippen LogP contribution in [0.5, 0.6) is 0 Å². The Bertz CT molecular complexity index is 316. The molecule has 2 nitrogen and oxygen atoms in total. The molecule has 1 aromatic carbocycles. The first-order valence-electron chi connectivity index (χ1n) is 4.20. The van der Waals surface area contributed by atoms with Gasteiger partial charge >= 0.3 is 0 Å². The summed E-state index contributed by atoms with van der Waals surface area (Å²) in [4.78, 5) is 4.23. The van der Waals surface area contributed by atoms with Gasteiger partial charge in [-0.15, -0.1) is 0 Å². The van der Waals surface area contributed by atoms with E-state index in [1.807, 2.05) is 13.3 Å². The lowest BCUT2D eigenvalue weighted by molar-refractivity contribution is 0.953. The number of fused-ring (bicyclic) bond motifs is 1. The van der Waals surface area contributed by atoms with Crippen LogP contribution in [0.2, 0.25) is 0 Å². The highest BCUT2D eigenvalue weighted by Crippen LogP contribution is 2.17. The molecule has 0 saturated heterocycles. The molecule has 62 valence electrons. The van der Waals surface area contributed by atoms with Crippen molar-refractivity contribution in [2.75, 3.05) is 18.9 Å². The fourth-order valence-corrected chi connectivity index (χ4v) is 1.45. The zero-order valence-corrected chi connectivity index (χ0v) is 7.17. The molecule has 0 bridgehead atoms. The monoisotopic (exact) mass is 160 g/mol. The van der Waals surface area contributed by atoms with E-state index in [2.05, 4.69) is 28.5 Å². The van der Waals surface area contributed by atoms with Gasteiger partial charge in [0.05, 0.1) is 0 Å². The van der Waals surface area contributed by atoms with E-state index >= 15 is 0 Å². The molecule has 0 saturated carbocycles. The summed E-state index contributed by atoms with van der Waals surface area (Å²) < 4.78 is 0. The standard InChI is InChI=1S/C10H12N2/c1-11-10-3-2-9-7-12-5-4-8(9)6-10/h2-3,6-7,11H,4-5H2,1H3. The predicted molar refractivity (Wildman–Crippen MR) is 52.2 cm³/mol. The second-order valence-electron chi connectivity index (χ2n) is 2.95. The van der Waals surface area contributed by atoms with Crippen molar-refractivity contribution in [1.29, 1.82) is 0 Å². The van der Waals surface area contributed by atoms with Crippen molar-refractivity contribution in [3.8, 4) is 0 Å². The van der Waals surface area contributed by atoms with Gasteiger partial charge in [0.1, 0.15) is 0 Å². The molecule has 0 spiro atoms. The summed E-state index contributed by atoms with van der Waals surface area (Å²) in [6.45, 7) is 0.931. The summed E-state index contributed by atoms with van der Waals surface area (Å²) in [5, 5.41) is 3.13. The lowest BCUT2D eigenvalue weighted by atomic mass is 10.0. The Labute approximate surface area is 72.3 Å². The molecular formula is C10H12N2. The van der Waals surface area contributed by atoms with E-state index in [1.54, 1.807) is 0 Å². The van der Waals surface area contributed by atoms with Gasteiger partial charge in [-0.05, 0) is 29.7 Å². The van der Waals surface area contributed by atoms with Crippen LogP contribution in [-0.2, 0) is 6.42 Å². The number of nitrogens with zero attached hydrogens (tertiary/aromatic N) is 1. The summed E-state index contributed by atoms with van der Waals surface area (Å²) in [5.74, 6) is 0. The third-order valence-corrected chi connectivity index (χ3v) is 2.17. The zero-order chi connectivity index (χ0) is 8.39. The van der Waals surface area contributed by atoms with Crippen LogP contribution >= 0.6 is 0 Å². The average molecular weight is 160 g/mol. The summed E-state index contributed by atoms with van der Waals surface area (Å²) in [6, 6.07) is 6.39. The first-order valence-corrected chi connectivity index (χ1v) is 4.20. The van der Waals surface area contributed by atoms with Crippen LogP contribution in [0.25, 0.3) is 0 Å². The molecule has 0 unspecified atom stereocenters. The first-order chi connectivity index (χ1) is 5.90. The summed E-state index contributed by atoms with van der Waals surface area (Å²) >= 11 is 0. The van der Waals surface area contributed by atoms with Crippen molar-refractivity contribution in [2.45, 2.75) is 6.42 Å². The first kappa shape index (κ1) is 7.35. The molecule has 0 radical (unpaired) electrons. The molecule has 12 heavy (non-hydrogen) atoms. The molecule has 1 heterocycles. The topological polar surface area (TPSA) is 24.4 Å². The summed E-state index contributed by atoms with van der Waals surface area (Å²) in [5.41, 5.74) is 3.85. The Morgan fingerprint density at radius 3 is 3.17 bits per heavy atom. The number of benzene rings is 1. The molecule has 2 heteroatoms. The molecule has 0 atom stereocenters. The van der Waals surface area contributed by atoms with E-state index in [-0.39, 0.29) is 0 Å². The van der Waals surface area contributed by atoms with Crippen LogP contribution in [0.15, 0.2) is 23.2 Å². The van der Waals surface area contributed by atoms with Crippen LogP contribution in [0.1, 0.15) is 11.1 Å². The third-order valence-electron chi connectivity index (χ3n) is 2.17. The minimum Gasteiger partial charge on any atom is -0.388 e. The minimum atomic E-state index is 0.931. The van der Waals surface area contributed by atoms with Crippen molar-refractivity contribution in [2.24, 2.45) is 4.99 Å². The normalized spacial score (nSPS) is 14.1. The number of nitrogens with one attached hydrogen (secondary N) is 1. The second kappa shape index (κ2) is 2.97. The fraction of sp³-hybridized carbons (Fsp3) is 0.300. The van der Waals surface area contributed by atoms with Crippen LogP contribution in [-0.4, -0.2) is 19.8 Å². The maximum absolute atomic E-state index is 4.23. The third kappa shape index (κ3) is 1.20. The number of anilines is 1. The van der Waals surface area contributed by atoms with E-state index in [0.29, 0.717) is 0 Å². The van der Waals surface area contributed by atoms with Crippen LogP contribution < -0.4 is 5.32 Å².